The highest BCUT2D eigenvalue weighted by Crippen LogP contribution is 2.02. The van der Waals surface area contributed by atoms with E-state index in [0.29, 0.717) is 5.13 Å². The number of hydrogen-bond donors (Lipinski definition) is 2. The van der Waals surface area contributed by atoms with Crippen LogP contribution in [0.3, 0.4) is 0 Å². The summed E-state index contributed by atoms with van der Waals surface area (Å²) < 4.78 is 3.60. The van der Waals surface area contributed by atoms with Gasteiger partial charge in [-0.25, -0.2) is 10.5 Å². The number of nitrogens with zero attached hydrogens (tertiary/aromatic N) is 2. The molecule has 7 heavy (non-hydrogen) atoms. The minimum atomic E-state index is 0.417. The first-order valence-corrected chi connectivity index (χ1v) is 2.37. The predicted octanol–water partition coefficient (Wildman–Crippen LogP) is 0.339. The Morgan fingerprint density at radius 1 is 1.86 bits per heavy atom. The van der Waals surface area contributed by atoms with Gasteiger partial charge in [0.05, 0.1) is 0 Å². The quantitative estimate of drug-likeness (QED) is 0.521. The van der Waals surface area contributed by atoms with E-state index in [1.165, 1.54) is 6.33 Å². The summed E-state index contributed by atoms with van der Waals surface area (Å²) in [5, 5.41) is 8.50. The molecule has 0 fully saturated rings. The molecule has 0 aliphatic heterocycles. The van der Waals surface area contributed by atoms with Gasteiger partial charge < -0.3 is 0 Å². The minimum absolute atomic E-state index is 0.417. The first kappa shape index (κ1) is 4.48. The van der Waals surface area contributed by atoms with Gasteiger partial charge in [0.25, 0.3) is 0 Å². The van der Waals surface area contributed by atoms with Crippen LogP contribution in [0.15, 0.2) is 6.33 Å². The van der Waals surface area contributed by atoms with Crippen LogP contribution in [0.5, 0.6) is 0 Å². The van der Waals surface area contributed by atoms with E-state index in [2.05, 4.69) is 9.36 Å². The molecule has 5 heteroatoms. The van der Waals surface area contributed by atoms with Gasteiger partial charge in [-0.15, -0.1) is 0 Å². The van der Waals surface area contributed by atoms with Crippen LogP contribution in [-0.2, 0) is 0 Å². The van der Waals surface area contributed by atoms with Crippen LogP contribution in [0.4, 0.5) is 5.13 Å². The normalized spacial score (nSPS) is 8.71. The Bertz CT molecular complexity index is 127. The molecule has 0 unspecified atom stereocenters. The molecule has 0 amide bonds. The van der Waals surface area contributed by atoms with E-state index in [1.807, 2.05) is 5.48 Å². The molecule has 0 saturated carbocycles. The van der Waals surface area contributed by atoms with Crippen molar-refractivity contribution in [3.8, 4) is 0 Å². The van der Waals surface area contributed by atoms with E-state index in [9.17, 15) is 0 Å². The highest BCUT2D eigenvalue weighted by atomic mass is 32.1. The molecule has 38 valence electrons. The van der Waals surface area contributed by atoms with Gasteiger partial charge in [-0.1, -0.05) is 0 Å². The second-order valence-corrected chi connectivity index (χ2v) is 1.64. The molecule has 0 aliphatic carbocycles. The Balaban J connectivity index is 2.76. The third kappa shape index (κ3) is 0.847. The molecule has 0 bridgehead atoms. The monoisotopic (exact) mass is 117 g/mol. The molecule has 0 saturated heterocycles. The lowest BCUT2D eigenvalue weighted by Crippen LogP contribution is -1.84. The lowest BCUT2D eigenvalue weighted by Gasteiger charge is -1.80. The largest absolute Gasteiger partial charge is 0.289 e. The van der Waals surface area contributed by atoms with E-state index in [4.69, 9.17) is 5.21 Å². The van der Waals surface area contributed by atoms with Crippen molar-refractivity contribution in [3.63, 3.8) is 0 Å². The van der Waals surface area contributed by atoms with Crippen LogP contribution in [-0.4, -0.2) is 14.6 Å². The highest BCUT2D eigenvalue weighted by Gasteiger charge is 1.86. The molecular weight excluding hydrogens is 114 g/mol. The fourth-order valence-corrected chi connectivity index (χ4v) is 0.552. The average Bonchev–Trinajstić information content (AvgIpc) is 2.14. The van der Waals surface area contributed by atoms with Crippen molar-refractivity contribution in [3.05, 3.63) is 6.33 Å². The van der Waals surface area contributed by atoms with E-state index < -0.39 is 0 Å². The molecule has 0 aromatic carbocycles. The summed E-state index contributed by atoms with van der Waals surface area (Å²) in [6.45, 7) is 0. The van der Waals surface area contributed by atoms with Crippen molar-refractivity contribution in [2.24, 2.45) is 0 Å². The minimum Gasteiger partial charge on any atom is -0.289 e. The topological polar surface area (TPSA) is 58.0 Å². The summed E-state index contributed by atoms with van der Waals surface area (Å²) in [5.41, 5.74) is 1.85. The van der Waals surface area contributed by atoms with Crippen LogP contribution in [0, 0.1) is 0 Å². The second kappa shape index (κ2) is 1.85. The van der Waals surface area contributed by atoms with Gasteiger partial charge in [0.1, 0.15) is 6.33 Å². The van der Waals surface area contributed by atoms with E-state index >= 15 is 0 Å². The Hall–Kier alpha value is -0.680. The Morgan fingerprint density at radius 3 is 3.00 bits per heavy atom. The van der Waals surface area contributed by atoms with Gasteiger partial charge in [0, 0.05) is 11.5 Å². The van der Waals surface area contributed by atoms with Crippen molar-refractivity contribution in [1.29, 1.82) is 0 Å². The van der Waals surface area contributed by atoms with Gasteiger partial charge >= 0.3 is 0 Å². The Kier molecular flexibility index (Phi) is 1.19. The average molecular weight is 117 g/mol. The Morgan fingerprint density at radius 2 is 2.71 bits per heavy atom. The number of aromatic nitrogens is 2. The van der Waals surface area contributed by atoms with E-state index in [1.54, 1.807) is 0 Å². The van der Waals surface area contributed by atoms with Crippen molar-refractivity contribution in [1.82, 2.24) is 9.36 Å². The summed E-state index contributed by atoms with van der Waals surface area (Å²) in [7, 11) is 0. The maximum atomic E-state index is 8.08. The molecule has 0 spiro atoms. The lowest BCUT2D eigenvalue weighted by atomic mass is 11.2. The van der Waals surface area contributed by atoms with Gasteiger partial charge in [-0.05, 0) is 0 Å². The fraction of sp³-hybridized carbons (Fsp3) is 0. The second-order valence-electron chi connectivity index (χ2n) is 0.858. The third-order valence-corrected chi connectivity index (χ3v) is 1.03. The molecule has 1 aromatic heterocycles. The lowest BCUT2D eigenvalue weighted by molar-refractivity contribution is 0.388. The van der Waals surface area contributed by atoms with Crippen molar-refractivity contribution in [2.75, 3.05) is 5.48 Å². The van der Waals surface area contributed by atoms with Crippen LogP contribution in [0.1, 0.15) is 0 Å². The zero-order valence-corrected chi connectivity index (χ0v) is 4.14. The van der Waals surface area contributed by atoms with Gasteiger partial charge in [-0.2, -0.15) is 4.37 Å². The standard InChI is InChI=1S/C2H3N3OS/c6-5-2-3-1-4-7-2/h1,6H,(H,3,4,5). The zero-order valence-electron chi connectivity index (χ0n) is 3.33. The molecule has 0 atom stereocenters. The van der Waals surface area contributed by atoms with Crippen molar-refractivity contribution < 1.29 is 5.21 Å². The van der Waals surface area contributed by atoms with Gasteiger partial charge in [0.2, 0.25) is 5.13 Å². The summed E-state index contributed by atoms with van der Waals surface area (Å²) in [5.74, 6) is 0. The molecule has 1 heterocycles. The molecular formula is C2H3N3OS. The summed E-state index contributed by atoms with van der Waals surface area (Å²) in [4.78, 5) is 3.58. The molecule has 2 N–H and O–H groups in total. The molecule has 4 nitrogen and oxygen atoms in total. The molecule has 1 rings (SSSR count). The Labute approximate surface area is 44.0 Å². The van der Waals surface area contributed by atoms with E-state index in [-0.39, 0.29) is 0 Å². The number of rotatable bonds is 1. The summed E-state index contributed by atoms with van der Waals surface area (Å²) in [6.07, 6.45) is 1.36. The summed E-state index contributed by atoms with van der Waals surface area (Å²) in [6, 6.07) is 0. The van der Waals surface area contributed by atoms with Crippen LogP contribution in [0.2, 0.25) is 0 Å². The highest BCUT2D eigenvalue weighted by molar-refractivity contribution is 7.09. The van der Waals surface area contributed by atoms with Crippen molar-refractivity contribution in [2.45, 2.75) is 0 Å². The van der Waals surface area contributed by atoms with E-state index in [0.717, 1.165) is 11.5 Å². The third-order valence-electron chi connectivity index (χ3n) is 0.457. The first-order valence-electron chi connectivity index (χ1n) is 1.60. The molecule has 1 aromatic rings. The van der Waals surface area contributed by atoms with Crippen LogP contribution < -0.4 is 5.48 Å². The maximum Gasteiger partial charge on any atom is 0.226 e. The molecule has 0 aliphatic rings. The SMILES string of the molecule is ONc1ncns1. The smallest absolute Gasteiger partial charge is 0.226 e. The van der Waals surface area contributed by atoms with Gasteiger partial charge in [0.15, 0.2) is 0 Å². The van der Waals surface area contributed by atoms with Gasteiger partial charge in [-0.3, -0.25) is 5.21 Å². The van der Waals surface area contributed by atoms with Crippen molar-refractivity contribution >= 4 is 16.7 Å². The van der Waals surface area contributed by atoms with Crippen LogP contribution >= 0.6 is 11.5 Å². The molecule has 0 radical (unpaired) electrons. The van der Waals surface area contributed by atoms with Crippen LogP contribution in [0.25, 0.3) is 0 Å². The first-order chi connectivity index (χ1) is 3.43. The number of hydrogen-bond acceptors (Lipinski definition) is 5. The fourth-order valence-electron chi connectivity index (χ4n) is 0.222. The number of nitrogens with one attached hydrogen (secondary N) is 1. The maximum absolute atomic E-state index is 8.08. The summed E-state index contributed by atoms with van der Waals surface area (Å²) >= 11 is 1.10. The zero-order chi connectivity index (χ0) is 5.11. The predicted molar refractivity (Wildman–Crippen MR) is 25.3 cm³/mol. The number of anilines is 1.